The highest BCUT2D eigenvalue weighted by atomic mass is 16.3. The number of aliphatic hydroxyl groups is 4. The van der Waals surface area contributed by atoms with Crippen LogP contribution in [0.3, 0.4) is 0 Å². The van der Waals surface area contributed by atoms with E-state index < -0.39 is 11.7 Å². The number of fused-ring (bicyclic) bond motifs is 5. The maximum atomic E-state index is 11.3. The molecule has 4 N–H and O–H groups in total. The summed E-state index contributed by atoms with van der Waals surface area (Å²) in [5.74, 6) is 1.59. The van der Waals surface area contributed by atoms with Gasteiger partial charge in [0.15, 0.2) is 0 Å². The van der Waals surface area contributed by atoms with Crippen LogP contribution in [0, 0.1) is 34.5 Å². The van der Waals surface area contributed by atoms with Crippen LogP contribution in [0.15, 0.2) is 0 Å². The summed E-state index contributed by atoms with van der Waals surface area (Å²) in [7, 11) is 0. The van der Waals surface area contributed by atoms with Crippen molar-refractivity contribution in [1.29, 1.82) is 0 Å². The van der Waals surface area contributed by atoms with Gasteiger partial charge in [0.25, 0.3) is 0 Å². The molecule has 4 aliphatic rings. The molecule has 0 radical (unpaired) electrons. The molecule has 144 valence electrons. The van der Waals surface area contributed by atoms with E-state index in [1.165, 1.54) is 0 Å². The van der Waals surface area contributed by atoms with Gasteiger partial charge in [0, 0.05) is 5.41 Å². The van der Waals surface area contributed by atoms with Crippen molar-refractivity contribution < 1.29 is 20.4 Å². The lowest BCUT2D eigenvalue weighted by Gasteiger charge is -2.62. The highest BCUT2D eigenvalue weighted by Gasteiger charge is 2.66. The van der Waals surface area contributed by atoms with Gasteiger partial charge in [0.05, 0.1) is 23.9 Å². The first-order valence-corrected chi connectivity index (χ1v) is 10.4. The van der Waals surface area contributed by atoms with Crippen LogP contribution in [0.25, 0.3) is 0 Å². The molecular formula is C21H36O4. The van der Waals surface area contributed by atoms with Crippen molar-refractivity contribution in [2.75, 3.05) is 0 Å². The largest absolute Gasteiger partial charge is 0.393 e. The second-order valence-corrected chi connectivity index (χ2v) is 10.3. The molecule has 0 spiro atoms. The Bertz CT molecular complexity index is 536. The molecule has 4 rings (SSSR count). The van der Waals surface area contributed by atoms with Gasteiger partial charge in [-0.3, -0.25) is 0 Å². The summed E-state index contributed by atoms with van der Waals surface area (Å²) in [6, 6.07) is 0. The molecule has 0 unspecified atom stereocenters. The molecule has 0 aromatic carbocycles. The Morgan fingerprint density at radius 3 is 2.24 bits per heavy atom. The van der Waals surface area contributed by atoms with Crippen LogP contribution in [0.5, 0.6) is 0 Å². The third-order valence-electron chi connectivity index (χ3n) is 9.56. The highest BCUT2D eigenvalue weighted by molar-refractivity contribution is 5.16. The van der Waals surface area contributed by atoms with E-state index in [-0.39, 0.29) is 29.0 Å². The summed E-state index contributed by atoms with van der Waals surface area (Å²) in [6.45, 7) is 6.26. The van der Waals surface area contributed by atoms with Gasteiger partial charge in [-0.15, -0.1) is 0 Å². The number of hydrogen-bond acceptors (Lipinski definition) is 4. The Morgan fingerprint density at radius 2 is 1.56 bits per heavy atom. The second kappa shape index (κ2) is 5.67. The first-order chi connectivity index (χ1) is 11.6. The van der Waals surface area contributed by atoms with Crippen LogP contribution in [-0.2, 0) is 0 Å². The van der Waals surface area contributed by atoms with Gasteiger partial charge in [-0.25, -0.2) is 0 Å². The summed E-state index contributed by atoms with van der Waals surface area (Å²) in [4.78, 5) is 0. The van der Waals surface area contributed by atoms with E-state index >= 15 is 0 Å². The molecule has 0 heterocycles. The maximum absolute atomic E-state index is 11.3. The van der Waals surface area contributed by atoms with E-state index in [4.69, 9.17) is 0 Å². The molecule has 10 atom stereocenters. The molecule has 0 bridgehead atoms. The zero-order valence-electron chi connectivity index (χ0n) is 16.0. The first kappa shape index (κ1) is 18.2. The fourth-order valence-electron chi connectivity index (χ4n) is 8.02. The van der Waals surface area contributed by atoms with Gasteiger partial charge in [-0.1, -0.05) is 13.8 Å². The Hall–Kier alpha value is -0.160. The lowest BCUT2D eigenvalue weighted by molar-refractivity contribution is -0.203. The quantitative estimate of drug-likeness (QED) is 0.584. The van der Waals surface area contributed by atoms with E-state index in [2.05, 4.69) is 13.8 Å². The van der Waals surface area contributed by atoms with Crippen LogP contribution in [0.4, 0.5) is 0 Å². The van der Waals surface area contributed by atoms with Crippen LogP contribution in [0.2, 0.25) is 0 Å². The van der Waals surface area contributed by atoms with Crippen LogP contribution in [-0.4, -0.2) is 44.3 Å². The van der Waals surface area contributed by atoms with Gasteiger partial charge < -0.3 is 20.4 Å². The van der Waals surface area contributed by atoms with Gasteiger partial charge in [0.2, 0.25) is 0 Å². The predicted octanol–water partition coefficient (Wildman–Crippen LogP) is 2.47. The van der Waals surface area contributed by atoms with Crippen LogP contribution < -0.4 is 0 Å². The zero-order valence-corrected chi connectivity index (χ0v) is 16.0. The fourth-order valence-corrected chi connectivity index (χ4v) is 8.02. The lowest BCUT2D eigenvalue weighted by Crippen LogP contribution is -2.61. The fraction of sp³-hybridized carbons (Fsp3) is 1.00. The van der Waals surface area contributed by atoms with Gasteiger partial charge in [0.1, 0.15) is 0 Å². The lowest BCUT2D eigenvalue weighted by atomic mass is 9.43. The Morgan fingerprint density at radius 1 is 0.880 bits per heavy atom. The first-order valence-electron chi connectivity index (χ1n) is 10.4. The van der Waals surface area contributed by atoms with Crippen molar-refractivity contribution in [2.45, 2.75) is 96.1 Å². The minimum atomic E-state index is -0.992. The molecule has 4 heteroatoms. The molecule has 0 saturated heterocycles. The zero-order chi connectivity index (χ0) is 18.2. The normalized spacial score (nSPS) is 59.6. The Kier molecular flexibility index (Phi) is 4.13. The van der Waals surface area contributed by atoms with E-state index in [1.54, 1.807) is 6.92 Å². The molecule has 0 amide bonds. The molecule has 4 fully saturated rings. The van der Waals surface area contributed by atoms with E-state index in [0.29, 0.717) is 24.2 Å². The van der Waals surface area contributed by atoms with E-state index in [9.17, 15) is 20.4 Å². The summed E-state index contributed by atoms with van der Waals surface area (Å²) in [5, 5.41) is 42.6. The monoisotopic (exact) mass is 352 g/mol. The standard InChI is InChI=1S/C21H36O4/c1-12(22)21(25)9-6-16-14-11-18(24)17-10-13(23)4-7-19(17,2)15(14)5-8-20(16,21)3/h12-18,22-25H,4-11H2,1-3H3/t12-,13+,14+,15+,16+,17-,18-,19+,20-,21-/m0/s1. The topological polar surface area (TPSA) is 80.9 Å². The average Bonchev–Trinajstić information content (AvgIpc) is 2.83. The molecule has 0 aromatic rings. The number of rotatable bonds is 1. The maximum Gasteiger partial charge on any atom is 0.0958 e. The molecule has 0 aromatic heterocycles. The van der Waals surface area contributed by atoms with Gasteiger partial charge in [-0.2, -0.15) is 0 Å². The smallest absolute Gasteiger partial charge is 0.0958 e. The number of hydrogen-bond donors (Lipinski definition) is 4. The van der Waals surface area contributed by atoms with Crippen molar-refractivity contribution in [1.82, 2.24) is 0 Å². The second-order valence-electron chi connectivity index (χ2n) is 10.3. The summed E-state index contributed by atoms with van der Waals surface area (Å²) < 4.78 is 0. The average molecular weight is 353 g/mol. The van der Waals surface area contributed by atoms with Crippen molar-refractivity contribution in [2.24, 2.45) is 34.5 Å². The van der Waals surface area contributed by atoms with Gasteiger partial charge in [-0.05, 0) is 87.4 Å². The minimum Gasteiger partial charge on any atom is -0.393 e. The third kappa shape index (κ3) is 2.27. The molecular weight excluding hydrogens is 316 g/mol. The summed E-state index contributed by atoms with van der Waals surface area (Å²) >= 11 is 0. The van der Waals surface area contributed by atoms with Gasteiger partial charge >= 0.3 is 0 Å². The SMILES string of the molecule is C[C@H](O)[C@@]1(O)CC[C@@H]2[C@@H]3C[C@H](O)[C@@H]4C[C@H](O)CC[C@]4(C)[C@@H]3CC[C@@]21C. The third-order valence-corrected chi connectivity index (χ3v) is 9.56. The van der Waals surface area contributed by atoms with Crippen molar-refractivity contribution in [3.63, 3.8) is 0 Å². The molecule has 4 aliphatic carbocycles. The Labute approximate surface area is 151 Å². The van der Waals surface area contributed by atoms with Crippen LogP contribution >= 0.6 is 0 Å². The molecule has 4 nitrogen and oxygen atoms in total. The van der Waals surface area contributed by atoms with Crippen molar-refractivity contribution >= 4 is 0 Å². The number of aliphatic hydroxyl groups excluding tert-OH is 3. The summed E-state index contributed by atoms with van der Waals surface area (Å²) in [6.07, 6.45) is 5.73. The van der Waals surface area contributed by atoms with E-state index in [1.807, 2.05) is 0 Å². The molecule has 0 aliphatic heterocycles. The minimum absolute atomic E-state index is 0.106. The van der Waals surface area contributed by atoms with Crippen molar-refractivity contribution in [3.05, 3.63) is 0 Å². The molecule has 25 heavy (non-hydrogen) atoms. The predicted molar refractivity (Wildman–Crippen MR) is 95.8 cm³/mol. The van der Waals surface area contributed by atoms with Crippen molar-refractivity contribution in [3.8, 4) is 0 Å². The molecule has 4 saturated carbocycles. The highest BCUT2D eigenvalue weighted by Crippen LogP contribution is 2.68. The summed E-state index contributed by atoms with van der Waals surface area (Å²) in [5.41, 5.74) is -1.14. The Balaban J connectivity index is 1.67. The van der Waals surface area contributed by atoms with E-state index in [0.717, 1.165) is 44.9 Å². The van der Waals surface area contributed by atoms with Crippen LogP contribution in [0.1, 0.15) is 72.1 Å².